The average Bonchev–Trinajstić information content (AvgIpc) is 2.74. The van der Waals surface area contributed by atoms with Crippen molar-refractivity contribution in [2.75, 3.05) is 13.1 Å². The molecule has 0 spiro atoms. The highest BCUT2D eigenvalue weighted by Gasteiger charge is 2.41. The number of sulfonamides is 1. The van der Waals surface area contributed by atoms with E-state index in [0.717, 1.165) is 30.4 Å². The second-order valence-electron chi connectivity index (χ2n) is 9.07. The number of hydrogen-bond donors (Lipinski definition) is 2. The van der Waals surface area contributed by atoms with Gasteiger partial charge in [-0.05, 0) is 62.3 Å². The molecule has 1 saturated heterocycles. The molecule has 33 heavy (non-hydrogen) atoms. The number of carbonyl (C=O) groups is 2. The van der Waals surface area contributed by atoms with Gasteiger partial charge in [-0.15, -0.1) is 0 Å². The Morgan fingerprint density at radius 2 is 1.85 bits per heavy atom. The lowest BCUT2D eigenvalue weighted by molar-refractivity contribution is -0.132. The molecule has 2 atom stereocenters. The zero-order valence-electron chi connectivity index (χ0n) is 19.3. The van der Waals surface area contributed by atoms with E-state index in [1.54, 1.807) is 13.8 Å². The summed E-state index contributed by atoms with van der Waals surface area (Å²) < 4.78 is 28.5. The van der Waals surface area contributed by atoms with Gasteiger partial charge in [0.2, 0.25) is 21.8 Å². The summed E-state index contributed by atoms with van der Waals surface area (Å²) in [5.74, 6) is -0.761. The molecule has 1 unspecified atom stereocenters. The van der Waals surface area contributed by atoms with E-state index in [9.17, 15) is 18.0 Å². The quantitative estimate of drug-likeness (QED) is 0.704. The number of fused-ring (bicyclic) bond motifs is 1. The van der Waals surface area contributed by atoms with Crippen LogP contribution in [0.25, 0.3) is 0 Å². The molecule has 1 heterocycles. The summed E-state index contributed by atoms with van der Waals surface area (Å²) in [4.78, 5) is 26.0. The van der Waals surface area contributed by atoms with Gasteiger partial charge >= 0.3 is 0 Å². The van der Waals surface area contributed by atoms with E-state index in [2.05, 4.69) is 16.7 Å². The van der Waals surface area contributed by atoms with Gasteiger partial charge in [0, 0.05) is 13.1 Å². The molecule has 2 aliphatic rings. The smallest absolute Gasteiger partial charge is 0.244 e. The van der Waals surface area contributed by atoms with Gasteiger partial charge in [-0.2, -0.15) is 4.31 Å². The first-order valence-corrected chi connectivity index (χ1v) is 12.9. The number of hydrogen-bond acceptors (Lipinski definition) is 4. The van der Waals surface area contributed by atoms with Crippen LogP contribution in [0.5, 0.6) is 0 Å². The van der Waals surface area contributed by atoms with Crippen molar-refractivity contribution in [1.82, 2.24) is 14.9 Å². The number of benzene rings is 2. The summed E-state index contributed by atoms with van der Waals surface area (Å²) in [6.07, 6.45) is 2.56. The van der Waals surface area contributed by atoms with Crippen molar-refractivity contribution in [3.05, 3.63) is 64.2 Å². The lowest BCUT2D eigenvalue weighted by atomic mass is 9.87. The molecule has 2 N–H and O–H groups in total. The number of piperazine rings is 1. The van der Waals surface area contributed by atoms with Gasteiger partial charge < -0.3 is 10.6 Å². The molecule has 0 bridgehead atoms. The average molecular weight is 470 g/mol. The number of carbonyl (C=O) groups excluding carboxylic acids is 2. The standard InChI is InChI=1S/C25H31N3O4S/c1-16-13-17(2)24(18(3)14-16)33(31,32)28-12-11-26-25(30)22(28)15-23(29)27-21-10-6-8-19-7-4-5-9-20(19)21/h4-5,7,9,13-14,21-22H,6,8,10-12,15H2,1-3H3,(H,26,30)(H,27,29)/t21?,22-/m1/s1. The van der Waals surface area contributed by atoms with E-state index < -0.39 is 22.0 Å². The maximum absolute atomic E-state index is 13.6. The van der Waals surface area contributed by atoms with E-state index in [-0.39, 0.29) is 36.4 Å². The zero-order valence-corrected chi connectivity index (χ0v) is 20.2. The molecule has 7 nitrogen and oxygen atoms in total. The minimum absolute atomic E-state index is 0.124. The second-order valence-corrected chi connectivity index (χ2v) is 10.9. The zero-order chi connectivity index (χ0) is 23.8. The first-order chi connectivity index (χ1) is 15.7. The van der Waals surface area contributed by atoms with Crippen LogP contribution in [0.2, 0.25) is 0 Å². The maximum Gasteiger partial charge on any atom is 0.244 e. The van der Waals surface area contributed by atoms with Crippen molar-refractivity contribution in [3.63, 3.8) is 0 Å². The topological polar surface area (TPSA) is 95.6 Å². The van der Waals surface area contributed by atoms with E-state index >= 15 is 0 Å². The third-order valence-corrected chi connectivity index (χ3v) is 8.75. The molecular weight excluding hydrogens is 438 g/mol. The Kier molecular flexibility index (Phi) is 6.59. The fourth-order valence-corrected chi connectivity index (χ4v) is 7.20. The number of amides is 2. The van der Waals surface area contributed by atoms with Gasteiger partial charge in [-0.3, -0.25) is 9.59 Å². The molecule has 0 saturated carbocycles. The molecule has 0 radical (unpaired) electrons. The highest BCUT2D eigenvalue weighted by Crippen LogP contribution is 2.31. The molecular formula is C25H31N3O4S. The van der Waals surface area contributed by atoms with E-state index in [4.69, 9.17) is 0 Å². The van der Waals surface area contributed by atoms with E-state index in [0.29, 0.717) is 11.1 Å². The summed E-state index contributed by atoms with van der Waals surface area (Å²) in [6, 6.07) is 10.5. The molecule has 1 fully saturated rings. The third-order valence-electron chi connectivity index (χ3n) is 6.54. The van der Waals surface area contributed by atoms with Crippen LogP contribution < -0.4 is 10.6 Å². The fraction of sp³-hybridized carbons (Fsp3) is 0.440. The second kappa shape index (κ2) is 9.27. The summed E-state index contributed by atoms with van der Waals surface area (Å²) >= 11 is 0. The minimum Gasteiger partial charge on any atom is -0.353 e. The molecule has 176 valence electrons. The minimum atomic E-state index is -3.96. The number of rotatable bonds is 5. The van der Waals surface area contributed by atoms with Crippen LogP contribution in [-0.4, -0.2) is 43.7 Å². The van der Waals surface area contributed by atoms with Crippen LogP contribution in [-0.2, 0) is 26.0 Å². The van der Waals surface area contributed by atoms with Crippen LogP contribution in [0, 0.1) is 20.8 Å². The molecule has 0 aromatic heterocycles. The Morgan fingerprint density at radius 3 is 2.58 bits per heavy atom. The molecule has 2 aromatic rings. The van der Waals surface area contributed by atoms with Gasteiger partial charge in [0.15, 0.2) is 0 Å². The van der Waals surface area contributed by atoms with Crippen molar-refractivity contribution < 1.29 is 18.0 Å². The molecule has 2 amide bonds. The third kappa shape index (κ3) is 4.68. The first kappa shape index (κ1) is 23.4. The van der Waals surface area contributed by atoms with Crippen LogP contribution in [0.1, 0.15) is 53.1 Å². The molecule has 4 rings (SSSR count). The maximum atomic E-state index is 13.6. The van der Waals surface area contributed by atoms with Gasteiger partial charge in [-0.1, -0.05) is 42.0 Å². The van der Waals surface area contributed by atoms with E-state index in [1.807, 2.05) is 37.3 Å². The highest BCUT2D eigenvalue weighted by atomic mass is 32.2. The summed E-state index contributed by atoms with van der Waals surface area (Å²) in [6.45, 7) is 5.79. The predicted octanol–water partition coefficient (Wildman–Crippen LogP) is 2.68. The van der Waals surface area contributed by atoms with E-state index in [1.165, 1.54) is 9.87 Å². The largest absolute Gasteiger partial charge is 0.353 e. The Labute approximate surface area is 195 Å². The molecule has 8 heteroatoms. The first-order valence-electron chi connectivity index (χ1n) is 11.4. The number of nitrogens with one attached hydrogen (secondary N) is 2. The van der Waals surface area contributed by atoms with Gasteiger partial charge in [0.1, 0.15) is 6.04 Å². The highest BCUT2D eigenvalue weighted by molar-refractivity contribution is 7.89. The predicted molar refractivity (Wildman–Crippen MR) is 126 cm³/mol. The summed E-state index contributed by atoms with van der Waals surface area (Å²) in [5.41, 5.74) is 4.57. The van der Waals surface area contributed by atoms with Gasteiger partial charge in [-0.25, -0.2) is 8.42 Å². The SMILES string of the molecule is Cc1cc(C)c(S(=O)(=O)N2CCNC(=O)[C@H]2CC(=O)NC2CCCc3ccccc32)c(C)c1. The fourth-order valence-electron chi connectivity index (χ4n) is 5.20. The molecule has 2 aromatic carbocycles. The molecule has 1 aliphatic carbocycles. The van der Waals surface area contributed by atoms with Crippen molar-refractivity contribution in [2.24, 2.45) is 0 Å². The van der Waals surface area contributed by atoms with Crippen molar-refractivity contribution in [2.45, 2.75) is 63.4 Å². The van der Waals surface area contributed by atoms with Crippen molar-refractivity contribution in [1.29, 1.82) is 0 Å². The van der Waals surface area contributed by atoms with Crippen LogP contribution in [0.15, 0.2) is 41.3 Å². The number of nitrogens with zero attached hydrogens (tertiary/aromatic N) is 1. The lowest BCUT2D eigenvalue weighted by Gasteiger charge is -2.35. The van der Waals surface area contributed by atoms with Crippen LogP contribution >= 0.6 is 0 Å². The Balaban J connectivity index is 1.57. The van der Waals surface area contributed by atoms with Crippen LogP contribution in [0.4, 0.5) is 0 Å². The monoisotopic (exact) mass is 469 g/mol. The van der Waals surface area contributed by atoms with Crippen molar-refractivity contribution >= 4 is 21.8 Å². The Morgan fingerprint density at radius 1 is 1.15 bits per heavy atom. The Hall–Kier alpha value is -2.71. The van der Waals surface area contributed by atoms with Gasteiger partial charge in [0.05, 0.1) is 17.4 Å². The number of aryl methyl sites for hydroxylation is 4. The van der Waals surface area contributed by atoms with Crippen molar-refractivity contribution in [3.8, 4) is 0 Å². The normalized spacial score (nSPS) is 21.2. The van der Waals surface area contributed by atoms with Gasteiger partial charge in [0.25, 0.3) is 0 Å². The summed E-state index contributed by atoms with van der Waals surface area (Å²) in [7, 11) is -3.96. The summed E-state index contributed by atoms with van der Waals surface area (Å²) in [5, 5.41) is 5.77. The molecule has 1 aliphatic heterocycles. The lowest BCUT2D eigenvalue weighted by Crippen LogP contribution is -2.58. The van der Waals surface area contributed by atoms with Crippen LogP contribution in [0.3, 0.4) is 0 Å². The Bertz CT molecular complexity index is 1170.